The lowest BCUT2D eigenvalue weighted by Crippen LogP contribution is -2.47. The molecule has 2 heterocycles. The van der Waals surface area contributed by atoms with E-state index in [1.54, 1.807) is 6.07 Å². The average molecular weight is 394 g/mol. The van der Waals surface area contributed by atoms with Crippen molar-refractivity contribution in [1.82, 2.24) is 19.8 Å². The van der Waals surface area contributed by atoms with Crippen molar-refractivity contribution in [2.75, 3.05) is 44.3 Å². The second kappa shape index (κ2) is 8.16. The van der Waals surface area contributed by atoms with Gasteiger partial charge in [0.15, 0.2) is 0 Å². The van der Waals surface area contributed by atoms with E-state index in [-0.39, 0.29) is 23.2 Å². The first-order valence-corrected chi connectivity index (χ1v) is 9.98. The van der Waals surface area contributed by atoms with E-state index in [4.69, 9.17) is 5.73 Å². The summed E-state index contributed by atoms with van der Waals surface area (Å²) in [4.78, 5) is 37.8. The summed E-state index contributed by atoms with van der Waals surface area (Å²) in [6, 6.07) is 7.34. The minimum atomic E-state index is -0.354. The van der Waals surface area contributed by atoms with Gasteiger partial charge in [0.25, 0.3) is 5.91 Å². The fraction of sp³-hybridized carbons (Fsp3) is 0.429. The molecular weight excluding hydrogens is 368 g/mol. The third-order valence-corrected chi connectivity index (χ3v) is 5.42. The fourth-order valence-corrected chi connectivity index (χ4v) is 3.42. The molecule has 0 spiro atoms. The number of likely N-dealkylation sites (N-methyl/N-ethyl adjacent to an activating group) is 1. The first-order valence-electron chi connectivity index (χ1n) is 9.98. The Morgan fingerprint density at radius 2 is 1.97 bits per heavy atom. The minimum Gasteiger partial charge on any atom is -0.383 e. The number of nitrogens with one attached hydrogen (secondary N) is 1. The number of carbonyl (C=O) groups is 2. The van der Waals surface area contributed by atoms with Gasteiger partial charge in [-0.1, -0.05) is 12.1 Å². The van der Waals surface area contributed by atoms with Crippen molar-refractivity contribution >= 4 is 23.3 Å². The molecule has 8 nitrogen and oxygen atoms in total. The van der Waals surface area contributed by atoms with E-state index in [2.05, 4.69) is 27.2 Å². The fourth-order valence-electron chi connectivity index (χ4n) is 3.42. The Kier molecular flexibility index (Phi) is 5.44. The maximum Gasteiger partial charge on any atom is 0.260 e. The lowest BCUT2D eigenvalue weighted by atomic mass is 10.1. The zero-order valence-electron chi connectivity index (χ0n) is 16.6. The van der Waals surface area contributed by atoms with Gasteiger partial charge in [-0.25, -0.2) is 9.97 Å². The minimum absolute atomic E-state index is 0.106. The summed E-state index contributed by atoms with van der Waals surface area (Å²) in [5.41, 5.74) is 7.70. The molecule has 1 aliphatic heterocycles. The molecule has 2 aliphatic rings. The summed E-state index contributed by atoms with van der Waals surface area (Å²) >= 11 is 0. The standard InChI is InChI=1S/C21H26N6O2/c1-26-7-9-27(10-8-26)18(28)12-14-3-2-4-16(11-14)24-21(29)17-13-23-20(15-5-6-15)25-19(17)22/h2-4,11,13,15H,5-10,12H2,1H3,(H,24,29)(H2,22,23,25). The predicted octanol–water partition coefficient (Wildman–Crippen LogP) is 1.50. The van der Waals surface area contributed by atoms with Gasteiger partial charge in [0.2, 0.25) is 5.91 Å². The first-order chi connectivity index (χ1) is 14.0. The van der Waals surface area contributed by atoms with E-state index in [1.165, 1.54) is 6.20 Å². The monoisotopic (exact) mass is 394 g/mol. The van der Waals surface area contributed by atoms with Crippen molar-refractivity contribution in [3.8, 4) is 0 Å². The van der Waals surface area contributed by atoms with Gasteiger partial charge in [0.1, 0.15) is 17.2 Å². The maximum absolute atomic E-state index is 12.6. The molecule has 0 atom stereocenters. The highest BCUT2D eigenvalue weighted by Gasteiger charge is 2.27. The number of rotatable bonds is 5. The SMILES string of the molecule is CN1CCN(C(=O)Cc2cccc(NC(=O)c3cnc(C4CC4)nc3N)c2)CC1. The predicted molar refractivity (Wildman–Crippen MR) is 111 cm³/mol. The number of piperazine rings is 1. The van der Waals surface area contributed by atoms with Crippen molar-refractivity contribution in [2.45, 2.75) is 25.2 Å². The Labute approximate surface area is 170 Å². The summed E-state index contributed by atoms with van der Waals surface area (Å²) < 4.78 is 0. The number of hydrogen-bond donors (Lipinski definition) is 2. The summed E-state index contributed by atoms with van der Waals surface area (Å²) in [6.45, 7) is 3.29. The second-order valence-corrected chi connectivity index (χ2v) is 7.82. The molecule has 2 amide bonds. The zero-order chi connectivity index (χ0) is 20.4. The summed E-state index contributed by atoms with van der Waals surface area (Å²) in [5.74, 6) is 1.04. The second-order valence-electron chi connectivity index (χ2n) is 7.82. The molecule has 8 heteroatoms. The molecule has 2 fully saturated rings. The molecule has 29 heavy (non-hydrogen) atoms. The Hall–Kier alpha value is -3.00. The highest BCUT2D eigenvalue weighted by atomic mass is 16.2. The molecule has 3 N–H and O–H groups in total. The number of benzene rings is 1. The summed E-state index contributed by atoms with van der Waals surface area (Å²) in [5, 5.41) is 2.83. The van der Waals surface area contributed by atoms with Crippen LogP contribution < -0.4 is 11.1 Å². The Balaban J connectivity index is 1.39. The van der Waals surface area contributed by atoms with Crippen LogP contribution in [0.1, 0.15) is 40.5 Å². The number of amides is 2. The molecule has 1 saturated carbocycles. The van der Waals surface area contributed by atoms with Crippen molar-refractivity contribution in [3.05, 3.63) is 47.4 Å². The quantitative estimate of drug-likeness (QED) is 0.796. The topological polar surface area (TPSA) is 104 Å². The molecule has 0 unspecified atom stereocenters. The molecule has 1 saturated heterocycles. The van der Waals surface area contributed by atoms with E-state index >= 15 is 0 Å². The maximum atomic E-state index is 12.6. The molecule has 4 rings (SSSR count). The van der Waals surface area contributed by atoms with Crippen LogP contribution in [0, 0.1) is 0 Å². The molecule has 0 bridgehead atoms. The normalized spacial score (nSPS) is 17.2. The van der Waals surface area contributed by atoms with Crippen LogP contribution in [0.3, 0.4) is 0 Å². The van der Waals surface area contributed by atoms with E-state index in [1.807, 2.05) is 23.1 Å². The number of nitrogens with zero attached hydrogens (tertiary/aromatic N) is 4. The van der Waals surface area contributed by atoms with Crippen LogP contribution in [-0.4, -0.2) is 64.8 Å². The van der Waals surface area contributed by atoms with Gasteiger partial charge in [-0.3, -0.25) is 9.59 Å². The lowest BCUT2D eigenvalue weighted by Gasteiger charge is -2.32. The zero-order valence-corrected chi connectivity index (χ0v) is 16.6. The van der Waals surface area contributed by atoms with Crippen LogP contribution in [0.15, 0.2) is 30.5 Å². The van der Waals surface area contributed by atoms with Gasteiger partial charge in [-0.05, 0) is 37.6 Å². The van der Waals surface area contributed by atoms with E-state index in [0.29, 0.717) is 23.9 Å². The van der Waals surface area contributed by atoms with Crippen LogP contribution in [0.4, 0.5) is 11.5 Å². The average Bonchev–Trinajstić information content (AvgIpc) is 3.54. The lowest BCUT2D eigenvalue weighted by molar-refractivity contribution is -0.132. The molecule has 1 aromatic carbocycles. The van der Waals surface area contributed by atoms with Gasteiger partial charge in [0.05, 0.1) is 6.42 Å². The van der Waals surface area contributed by atoms with Crippen LogP contribution in [0.5, 0.6) is 0 Å². The van der Waals surface area contributed by atoms with E-state index < -0.39 is 0 Å². The van der Waals surface area contributed by atoms with Crippen molar-refractivity contribution in [1.29, 1.82) is 0 Å². The summed E-state index contributed by atoms with van der Waals surface area (Å²) in [7, 11) is 2.06. The highest BCUT2D eigenvalue weighted by Crippen LogP contribution is 2.38. The molecule has 152 valence electrons. The van der Waals surface area contributed by atoms with Crippen LogP contribution in [0.2, 0.25) is 0 Å². The van der Waals surface area contributed by atoms with E-state index in [9.17, 15) is 9.59 Å². The van der Waals surface area contributed by atoms with Gasteiger partial charge < -0.3 is 20.9 Å². The Morgan fingerprint density at radius 3 is 2.66 bits per heavy atom. The van der Waals surface area contributed by atoms with Crippen LogP contribution in [0.25, 0.3) is 0 Å². The van der Waals surface area contributed by atoms with Crippen LogP contribution in [-0.2, 0) is 11.2 Å². The third kappa shape index (κ3) is 4.71. The molecule has 2 aromatic rings. The van der Waals surface area contributed by atoms with Gasteiger partial charge in [0, 0.05) is 44.0 Å². The van der Waals surface area contributed by atoms with Gasteiger partial charge in [-0.15, -0.1) is 0 Å². The largest absolute Gasteiger partial charge is 0.383 e. The van der Waals surface area contributed by atoms with Crippen LogP contribution >= 0.6 is 0 Å². The Morgan fingerprint density at radius 1 is 1.21 bits per heavy atom. The number of aromatic nitrogens is 2. The van der Waals surface area contributed by atoms with E-state index in [0.717, 1.165) is 44.6 Å². The van der Waals surface area contributed by atoms with Gasteiger partial charge >= 0.3 is 0 Å². The first kappa shape index (κ1) is 19.3. The number of nitrogen functional groups attached to an aromatic ring is 1. The number of anilines is 2. The van der Waals surface area contributed by atoms with Gasteiger partial charge in [-0.2, -0.15) is 0 Å². The number of carbonyl (C=O) groups excluding carboxylic acids is 2. The smallest absolute Gasteiger partial charge is 0.260 e. The molecule has 1 aromatic heterocycles. The molecule has 0 radical (unpaired) electrons. The van der Waals surface area contributed by atoms with Crippen molar-refractivity contribution in [2.24, 2.45) is 0 Å². The number of hydrogen-bond acceptors (Lipinski definition) is 6. The Bertz CT molecular complexity index is 919. The van der Waals surface area contributed by atoms with Crippen molar-refractivity contribution in [3.63, 3.8) is 0 Å². The molecule has 1 aliphatic carbocycles. The van der Waals surface area contributed by atoms with Crippen molar-refractivity contribution < 1.29 is 9.59 Å². The number of nitrogens with two attached hydrogens (primary N) is 1. The summed E-state index contributed by atoms with van der Waals surface area (Å²) in [6.07, 6.45) is 3.95. The molecular formula is C21H26N6O2. The highest BCUT2D eigenvalue weighted by molar-refractivity contribution is 6.07. The third-order valence-electron chi connectivity index (χ3n) is 5.42.